The van der Waals surface area contributed by atoms with Crippen LogP contribution in [-0.2, 0) is 16.6 Å². The van der Waals surface area contributed by atoms with Gasteiger partial charge in [0.1, 0.15) is 5.03 Å². The van der Waals surface area contributed by atoms with Gasteiger partial charge < -0.3 is 0 Å². The van der Waals surface area contributed by atoms with Crippen LogP contribution in [0.2, 0.25) is 0 Å². The summed E-state index contributed by atoms with van der Waals surface area (Å²) >= 11 is 4.91. The van der Waals surface area contributed by atoms with Gasteiger partial charge in [-0.3, -0.25) is 4.21 Å². The summed E-state index contributed by atoms with van der Waals surface area (Å²) in [5, 5.41) is 3.50. The molecule has 0 bridgehead atoms. The van der Waals surface area contributed by atoms with Crippen LogP contribution in [0.15, 0.2) is 33.2 Å². The van der Waals surface area contributed by atoms with Gasteiger partial charge in [0.15, 0.2) is 0 Å². The molecule has 3 nitrogen and oxygen atoms in total. The molecule has 0 radical (unpaired) electrons. The molecule has 0 saturated heterocycles. The first-order valence-corrected chi connectivity index (χ1v) is 7.56. The molecule has 0 saturated carbocycles. The molecule has 0 aliphatic carbocycles. The summed E-state index contributed by atoms with van der Waals surface area (Å²) < 4.78 is 12.8. The third-order valence-electron chi connectivity index (χ3n) is 1.89. The van der Waals surface area contributed by atoms with Crippen molar-refractivity contribution in [3.8, 4) is 0 Å². The standard InChI is InChI=1S/C10H9BrN2OS2/c1-7-13-8(5-15-7)6-16(14)10-9(11)3-2-4-12-10/h2-5H,6H2,1H3. The van der Waals surface area contributed by atoms with Crippen LogP contribution in [0.25, 0.3) is 0 Å². The molecular formula is C10H9BrN2OS2. The molecule has 0 aliphatic heterocycles. The molecule has 0 aliphatic rings. The van der Waals surface area contributed by atoms with Crippen LogP contribution in [0.5, 0.6) is 0 Å². The molecule has 2 rings (SSSR count). The maximum Gasteiger partial charge on any atom is 0.141 e. The Morgan fingerprint density at radius 3 is 3.00 bits per heavy atom. The number of aromatic nitrogens is 2. The van der Waals surface area contributed by atoms with Crippen molar-refractivity contribution in [2.75, 3.05) is 0 Å². The maximum absolute atomic E-state index is 12.0. The van der Waals surface area contributed by atoms with E-state index in [2.05, 4.69) is 25.9 Å². The monoisotopic (exact) mass is 316 g/mol. The number of rotatable bonds is 3. The van der Waals surface area contributed by atoms with E-state index in [0.29, 0.717) is 10.8 Å². The lowest BCUT2D eigenvalue weighted by molar-refractivity contribution is 0.679. The van der Waals surface area contributed by atoms with Gasteiger partial charge in [-0.2, -0.15) is 0 Å². The number of hydrogen-bond donors (Lipinski definition) is 0. The Balaban J connectivity index is 2.18. The second kappa shape index (κ2) is 5.16. The Kier molecular flexibility index (Phi) is 3.83. The van der Waals surface area contributed by atoms with Crippen molar-refractivity contribution in [1.29, 1.82) is 0 Å². The minimum atomic E-state index is -1.15. The first-order chi connectivity index (χ1) is 7.66. The minimum Gasteiger partial charge on any atom is -0.252 e. The highest BCUT2D eigenvalue weighted by atomic mass is 79.9. The number of aryl methyl sites for hydroxylation is 1. The smallest absolute Gasteiger partial charge is 0.141 e. The van der Waals surface area contributed by atoms with Gasteiger partial charge in [0.2, 0.25) is 0 Å². The molecule has 2 aromatic heterocycles. The van der Waals surface area contributed by atoms with E-state index in [4.69, 9.17) is 0 Å². The highest BCUT2D eigenvalue weighted by molar-refractivity contribution is 9.10. The summed E-state index contributed by atoms with van der Waals surface area (Å²) in [5.74, 6) is 0.417. The lowest BCUT2D eigenvalue weighted by Gasteiger charge is -2.01. The predicted molar refractivity (Wildman–Crippen MR) is 68.9 cm³/mol. The summed E-state index contributed by atoms with van der Waals surface area (Å²) in [7, 11) is -1.15. The van der Waals surface area contributed by atoms with Gasteiger partial charge in [0, 0.05) is 11.6 Å². The molecule has 0 fully saturated rings. The van der Waals surface area contributed by atoms with Gasteiger partial charge in [0.25, 0.3) is 0 Å². The van der Waals surface area contributed by atoms with E-state index in [1.54, 1.807) is 23.6 Å². The molecule has 84 valence electrons. The van der Waals surface area contributed by atoms with E-state index in [1.165, 1.54) is 0 Å². The quantitative estimate of drug-likeness (QED) is 0.874. The third-order valence-corrected chi connectivity index (χ3v) is 4.93. The van der Waals surface area contributed by atoms with E-state index in [-0.39, 0.29) is 0 Å². The normalized spacial score (nSPS) is 12.6. The molecule has 0 amide bonds. The van der Waals surface area contributed by atoms with E-state index in [0.717, 1.165) is 15.2 Å². The highest BCUT2D eigenvalue weighted by Gasteiger charge is 2.11. The number of nitrogens with zero attached hydrogens (tertiary/aromatic N) is 2. The minimum absolute atomic E-state index is 0.417. The van der Waals surface area contributed by atoms with Crippen molar-refractivity contribution >= 4 is 38.1 Å². The third kappa shape index (κ3) is 2.75. The molecule has 16 heavy (non-hydrogen) atoms. The van der Waals surface area contributed by atoms with Crippen LogP contribution in [-0.4, -0.2) is 14.2 Å². The molecule has 1 unspecified atom stereocenters. The van der Waals surface area contributed by atoms with Crippen LogP contribution in [0.4, 0.5) is 0 Å². The average Bonchev–Trinajstić information content (AvgIpc) is 2.64. The Morgan fingerprint density at radius 1 is 1.56 bits per heavy atom. The summed E-state index contributed by atoms with van der Waals surface area (Å²) in [6.07, 6.45) is 1.64. The zero-order chi connectivity index (χ0) is 11.5. The van der Waals surface area contributed by atoms with Crippen molar-refractivity contribution in [2.24, 2.45) is 0 Å². The van der Waals surface area contributed by atoms with Gasteiger partial charge in [-0.1, -0.05) is 0 Å². The van der Waals surface area contributed by atoms with Gasteiger partial charge in [0.05, 0.1) is 31.7 Å². The molecule has 1 atom stereocenters. The van der Waals surface area contributed by atoms with E-state index >= 15 is 0 Å². The average molecular weight is 317 g/mol. The largest absolute Gasteiger partial charge is 0.252 e. The van der Waals surface area contributed by atoms with Crippen LogP contribution < -0.4 is 0 Å². The fourth-order valence-electron chi connectivity index (χ4n) is 1.22. The zero-order valence-corrected chi connectivity index (χ0v) is 11.7. The van der Waals surface area contributed by atoms with Crippen LogP contribution in [0.1, 0.15) is 10.7 Å². The summed E-state index contributed by atoms with van der Waals surface area (Å²) in [5.41, 5.74) is 0.860. The molecule has 0 spiro atoms. The SMILES string of the molecule is Cc1nc(CS(=O)c2ncccc2Br)cs1. The summed E-state index contributed by atoms with van der Waals surface area (Å²) in [4.78, 5) is 8.40. The van der Waals surface area contributed by atoms with Crippen LogP contribution in [0.3, 0.4) is 0 Å². The molecule has 2 heterocycles. The lowest BCUT2D eigenvalue weighted by atomic mass is 10.5. The maximum atomic E-state index is 12.0. The second-order valence-electron chi connectivity index (χ2n) is 3.14. The number of pyridine rings is 1. The zero-order valence-electron chi connectivity index (χ0n) is 8.51. The van der Waals surface area contributed by atoms with Crippen molar-refractivity contribution < 1.29 is 4.21 Å². The van der Waals surface area contributed by atoms with Crippen LogP contribution in [0, 0.1) is 6.92 Å². The molecule has 0 aromatic carbocycles. The van der Waals surface area contributed by atoms with Gasteiger partial charge in [-0.15, -0.1) is 11.3 Å². The fraction of sp³-hybridized carbons (Fsp3) is 0.200. The Hall–Kier alpha value is -0.590. The lowest BCUT2D eigenvalue weighted by Crippen LogP contribution is -2.00. The van der Waals surface area contributed by atoms with E-state index in [1.807, 2.05) is 18.4 Å². The summed E-state index contributed by atoms with van der Waals surface area (Å²) in [6.45, 7) is 1.94. The van der Waals surface area contributed by atoms with Crippen molar-refractivity contribution in [3.05, 3.63) is 38.9 Å². The second-order valence-corrected chi connectivity index (χ2v) is 6.42. The number of thiazole rings is 1. The topological polar surface area (TPSA) is 42.9 Å². The van der Waals surface area contributed by atoms with Crippen molar-refractivity contribution in [3.63, 3.8) is 0 Å². The molecular weight excluding hydrogens is 308 g/mol. The van der Waals surface area contributed by atoms with Crippen molar-refractivity contribution in [2.45, 2.75) is 17.7 Å². The van der Waals surface area contributed by atoms with E-state index in [9.17, 15) is 4.21 Å². The first kappa shape index (κ1) is 11.9. The van der Waals surface area contributed by atoms with Gasteiger partial charge in [-0.05, 0) is 35.0 Å². The fourth-order valence-corrected chi connectivity index (χ4v) is 3.75. The summed E-state index contributed by atoms with van der Waals surface area (Å²) in [6, 6.07) is 3.64. The molecule has 0 N–H and O–H groups in total. The Bertz CT molecular complexity index is 527. The Morgan fingerprint density at radius 2 is 2.38 bits per heavy atom. The molecule has 2 aromatic rings. The van der Waals surface area contributed by atoms with Crippen molar-refractivity contribution in [1.82, 2.24) is 9.97 Å². The highest BCUT2D eigenvalue weighted by Crippen LogP contribution is 2.20. The van der Waals surface area contributed by atoms with Crippen LogP contribution >= 0.6 is 27.3 Å². The van der Waals surface area contributed by atoms with Gasteiger partial charge >= 0.3 is 0 Å². The number of hydrogen-bond acceptors (Lipinski definition) is 4. The first-order valence-electron chi connectivity index (χ1n) is 4.56. The van der Waals surface area contributed by atoms with Gasteiger partial charge in [-0.25, -0.2) is 9.97 Å². The van der Waals surface area contributed by atoms with E-state index < -0.39 is 10.8 Å². The predicted octanol–water partition coefficient (Wildman–Crippen LogP) is 2.92. The molecule has 6 heteroatoms. The Labute approximate surface area is 109 Å². The number of halogens is 1.